The maximum atomic E-state index is 12.7. The lowest BCUT2D eigenvalue weighted by molar-refractivity contribution is -0.135. The first kappa shape index (κ1) is 23.5. The molecule has 1 aromatic carbocycles. The highest BCUT2D eigenvalue weighted by Gasteiger charge is 2.28. The van der Waals surface area contributed by atoms with E-state index in [2.05, 4.69) is 31.0 Å². The molecule has 1 saturated heterocycles. The second kappa shape index (κ2) is 10.7. The molecule has 1 amide bonds. The van der Waals surface area contributed by atoms with Crippen LogP contribution in [0.2, 0.25) is 0 Å². The van der Waals surface area contributed by atoms with Gasteiger partial charge >= 0.3 is 0 Å². The van der Waals surface area contributed by atoms with Gasteiger partial charge in [0.15, 0.2) is 0 Å². The smallest absolute Gasteiger partial charge is 0.239 e. The van der Waals surface area contributed by atoms with Gasteiger partial charge in [0, 0.05) is 32.3 Å². The number of likely N-dealkylation sites (tertiary alicyclic amines) is 1. The molecule has 3 rings (SSSR count). The van der Waals surface area contributed by atoms with Gasteiger partial charge in [-0.05, 0) is 23.8 Å². The number of hydrogen-bond acceptors (Lipinski definition) is 3. The van der Waals surface area contributed by atoms with Crippen LogP contribution in [0.1, 0.15) is 31.5 Å². The standard InChI is InChI=1S/C20H28N4O.2ClH/c1-15-8-16(2)11-24(10-15)20(25)19(21)9-18-13-23(14-22-18)12-17-6-4-3-5-7-17;;/h3-7,13-16,19H,8-12,21H2,1-2H3;2*1H/t15?,16?,19-;;/m0../s1. The second-order valence-corrected chi connectivity index (χ2v) is 7.52. The minimum atomic E-state index is -0.516. The lowest BCUT2D eigenvalue weighted by Crippen LogP contribution is -2.50. The summed E-state index contributed by atoms with van der Waals surface area (Å²) in [6.45, 7) is 6.82. The fraction of sp³-hybridized carbons (Fsp3) is 0.500. The van der Waals surface area contributed by atoms with Gasteiger partial charge in [-0.3, -0.25) is 4.79 Å². The average Bonchev–Trinajstić information content (AvgIpc) is 3.01. The van der Waals surface area contributed by atoms with Crippen LogP contribution in [-0.2, 0) is 17.8 Å². The molecule has 3 atom stereocenters. The summed E-state index contributed by atoms with van der Waals surface area (Å²) >= 11 is 0. The van der Waals surface area contributed by atoms with E-state index in [1.165, 1.54) is 12.0 Å². The monoisotopic (exact) mass is 412 g/mol. The van der Waals surface area contributed by atoms with Crippen LogP contribution in [0.4, 0.5) is 0 Å². The van der Waals surface area contributed by atoms with Crippen LogP contribution in [0, 0.1) is 11.8 Å². The molecule has 7 heteroatoms. The molecule has 0 aliphatic carbocycles. The number of aromatic nitrogens is 2. The van der Waals surface area contributed by atoms with E-state index in [1.807, 2.05) is 40.2 Å². The fourth-order valence-corrected chi connectivity index (χ4v) is 3.78. The van der Waals surface area contributed by atoms with Crippen LogP contribution < -0.4 is 5.73 Å². The number of halogens is 2. The van der Waals surface area contributed by atoms with E-state index in [1.54, 1.807) is 0 Å². The minimum absolute atomic E-state index is 0. The van der Waals surface area contributed by atoms with Crippen molar-refractivity contribution in [3.63, 3.8) is 0 Å². The molecule has 5 nitrogen and oxygen atoms in total. The number of carbonyl (C=O) groups is 1. The van der Waals surface area contributed by atoms with Crippen molar-refractivity contribution in [1.82, 2.24) is 14.5 Å². The highest BCUT2D eigenvalue weighted by atomic mass is 35.5. The molecule has 150 valence electrons. The average molecular weight is 413 g/mol. The van der Waals surface area contributed by atoms with Crippen LogP contribution in [0.3, 0.4) is 0 Å². The van der Waals surface area contributed by atoms with E-state index in [-0.39, 0.29) is 30.7 Å². The molecule has 1 fully saturated rings. The van der Waals surface area contributed by atoms with Crippen LogP contribution in [-0.4, -0.2) is 39.5 Å². The summed E-state index contributed by atoms with van der Waals surface area (Å²) in [6.07, 6.45) is 5.47. The Bertz CT molecular complexity index is 697. The lowest BCUT2D eigenvalue weighted by atomic mass is 9.91. The van der Waals surface area contributed by atoms with Crippen LogP contribution in [0.15, 0.2) is 42.9 Å². The maximum Gasteiger partial charge on any atom is 0.239 e. The number of nitrogens with zero attached hydrogens (tertiary/aromatic N) is 3. The van der Waals surface area contributed by atoms with Crippen LogP contribution in [0.5, 0.6) is 0 Å². The Morgan fingerprint density at radius 1 is 1.19 bits per heavy atom. The number of carbonyl (C=O) groups excluding carboxylic acids is 1. The highest BCUT2D eigenvalue weighted by Crippen LogP contribution is 2.21. The maximum absolute atomic E-state index is 12.7. The molecule has 1 aliphatic heterocycles. The molecule has 2 aromatic rings. The molecule has 0 saturated carbocycles. The summed E-state index contributed by atoms with van der Waals surface area (Å²) in [5.74, 6) is 1.14. The lowest BCUT2D eigenvalue weighted by Gasteiger charge is -2.36. The van der Waals surface area contributed by atoms with E-state index in [4.69, 9.17) is 5.73 Å². The third-order valence-electron chi connectivity index (χ3n) is 4.82. The van der Waals surface area contributed by atoms with Crippen molar-refractivity contribution in [2.75, 3.05) is 13.1 Å². The third-order valence-corrected chi connectivity index (χ3v) is 4.82. The Morgan fingerprint density at radius 3 is 2.44 bits per heavy atom. The van der Waals surface area contributed by atoms with Crippen molar-refractivity contribution < 1.29 is 4.79 Å². The summed E-state index contributed by atoms with van der Waals surface area (Å²) in [5.41, 5.74) is 8.29. The molecule has 1 aliphatic rings. The summed E-state index contributed by atoms with van der Waals surface area (Å²) in [5, 5.41) is 0. The van der Waals surface area contributed by atoms with Gasteiger partial charge in [0.2, 0.25) is 5.91 Å². The van der Waals surface area contributed by atoms with Gasteiger partial charge < -0.3 is 15.2 Å². The van der Waals surface area contributed by atoms with E-state index < -0.39 is 6.04 Å². The number of rotatable bonds is 5. The predicted octanol–water partition coefficient (Wildman–Crippen LogP) is 3.15. The van der Waals surface area contributed by atoms with Crippen molar-refractivity contribution >= 4 is 30.7 Å². The highest BCUT2D eigenvalue weighted by molar-refractivity contribution is 5.85. The Labute approximate surface area is 174 Å². The molecule has 2 heterocycles. The van der Waals surface area contributed by atoms with E-state index in [0.29, 0.717) is 18.3 Å². The number of benzene rings is 1. The SMILES string of the molecule is CC1CC(C)CN(C(=O)[C@@H](N)Cc2cn(Cc3ccccc3)cn2)C1.Cl.Cl. The second-order valence-electron chi connectivity index (χ2n) is 7.52. The number of nitrogens with two attached hydrogens (primary N) is 1. The first-order valence-corrected chi connectivity index (χ1v) is 9.10. The first-order chi connectivity index (χ1) is 12.0. The number of hydrogen-bond donors (Lipinski definition) is 1. The Hall–Kier alpha value is -1.56. The molecule has 1 aromatic heterocycles. The zero-order valence-corrected chi connectivity index (χ0v) is 17.6. The van der Waals surface area contributed by atoms with Crippen LogP contribution in [0.25, 0.3) is 0 Å². The van der Waals surface area contributed by atoms with Crippen molar-refractivity contribution in [2.24, 2.45) is 17.6 Å². The van der Waals surface area contributed by atoms with Crippen molar-refractivity contribution in [3.8, 4) is 0 Å². The number of imidazole rings is 1. The van der Waals surface area contributed by atoms with E-state index >= 15 is 0 Å². The third kappa shape index (κ3) is 6.52. The van der Waals surface area contributed by atoms with Gasteiger partial charge in [-0.25, -0.2) is 4.98 Å². The summed E-state index contributed by atoms with van der Waals surface area (Å²) < 4.78 is 2.03. The quantitative estimate of drug-likeness (QED) is 0.819. The molecule has 0 bridgehead atoms. The Morgan fingerprint density at radius 2 is 1.81 bits per heavy atom. The van der Waals surface area contributed by atoms with Gasteiger partial charge in [0.1, 0.15) is 0 Å². The Balaban J connectivity index is 0.00000182. The summed E-state index contributed by atoms with van der Waals surface area (Å²) in [7, 11) is 0. The molecule has 2 N–H and O–H groups in total. The van der Waals surface area contributed by atoms with Gasteiger partial charge in [0.25, 0.3) is 0 Å². The predicted molar refractivity (Wildman–Crippen MR) is 113 cm³/mol. The van der Waals surface area contributed by atoms with Crippen LogP contribution >= 0.6 is 24.8 Å². The van der Waals surface area contributed by atoms with Crippen molar-refractivity contribution in [2.45, 2.75) is 39.3 Å². The topological polar surface area (TPSA) is 64.2 Å². The summed E-state index contributed by atoms with van der Waals surface area (Å²) in [4.78, 5) is 19.0. The number of piperidine rings is 1. The minimum Gasteiger partial charge on any atom is -0.341 e. The van der Waals surface area contributed by atoms with Gasteiger partial charge in [-0.15, -0.1) is 24.8 Å². The van der Waals surface area contributed by atoms with E-state index in [9.17, 15) is 4.79 Å². The first-order valence-electron chi connectivity index (χ1n) is 9.10. The molecule has 27 heavy (non-hydrogen) atoms. The molecular weight excluding hydrogens is 383 g/mol. The molecule has 0 spiro atoms. The van der Waals surface area contributed by atoms with Crippen molar-refractivity contribution in [1.29, 1.82) is 0 Å². The zero-order chi connectivity index (χ0) is 17.8. The van der Waals surface area contributed by atoms with Gasteiger partial charge in [0.05, 0.1) is 18.1 Å². The molecule has 0 radical (unpaired) electrons. The number of amides is 1. The molecular formula is C20H30Cl2N4O. The zero-order valence-electron chi connectivity index (χ0n) is 16.0. The largest absolute Gasteiger partial charge is 0.341 e. The van der Waals surface area contributed by atoms with Gasteiger partial charge in [-0.2, -0.15) is 0 Å². The molecule has 2 unspecified atom stereocenters. The normalized spacial score (nSPS) is 20.3. The fourth-order valence-electron chi connectivity index (χ4n) is 3.78. The van der Waals surface area contributed by atoms with E-state index in [0.717, 1.165) is 25.3 Å². The van der Waals surface area contributed by atoms with Crippen molar-refractivity contribution in [3.05, 3.63) is 54.1 Å². The summed E-state index contributed by atoms with van der Waals surface area (Å²) in [6, 6.07) is 9.74. The Kier molecular flexibility index (Phi) is 9.30. The van der Waals surface area contributed by atoms with Gasteiger partial charge in [-0.1, -0.05) is 44.2 Å².